The maximum Gasteiger partial charge on any atom is 0.265 e. The molecule has 0 radical (unpaired) electrons. The van der Waals surface area contributed by atoms with E-state index < -0.39 is 26.7 Å². The number of likely N-dealkylation sites (N-methyl/N-ethyl adjacent to an activating group) is 1. The van der Waals surface area contributed by atoms with Gasteiger partial charge in [0.2, 0.25) is 10.0 Å². The first-order chi connectivity index (χ1) is 14.1. The fourth-order valence-electron chi connectivity index (χ4n) is 3.41. The topological polar surface area (TPSA) is 87.2 Å². The van der Waals surface area contributed by atoms with E-state index in [1.54, 1.807) is 12.1 Å². The highest BCUT2D eigenvalue weighted by molar-refractivity contribution is 8.00. The molecule has 3 rings (SSSR count). The van der Waals surface area contributed by atoms with Crippen LogP contribution in [-0.2, 0) is 14.8 Å². The molecule has 1 atom stereocenters. The average molecular weight is 451 g/mol. The Bertz CT molecular complexity index is 976. The molecule has 2 aromatic carbocycles. The molecule has 0 aromatic heterocycles. The largest absolute Gasteiger partial charge is 0.457 e. The van der Waals surface area contributed by atoms with Crippen LogP contribution in [0.3, 0.4) is 0 Å². The number of benzene rings is 2. The number of sulfonamides is 1. The molecule has 1 aliphatic rings. The molecular weight excluding hydrogens is 424 g/mol. The Labute approximate surface area is 181 Å². The van der Waals surface area contributed by atoms with Crippen molar-refractivity contribution >= 4 is 27.7 Å². The van der Waals surface area contributed by atoms with Crippen LogP contribution in [0.5, 0.6) is 11.5 Å². The maximum absolute atomic E-state index is 13.5. The Morgan fingerprint density at radius 2 is 1.73 bits per heavy atom. The number of hydroxylamine groups is 2. The first-order valence-corrected chi connectivity index (χ1v) is 12.0. The van der Waals surface area contributed by atoms with Crippen molar-refractivity contribution in [2.24, 2.45) is 0 Å². The molecule has 2 aromatic rings. The molecule has 0 unspecified atom stereocenters. The molecule has 0 bridgehead atoms. The number of carbonyl (C=O) groups is 1. The number of nitrogens with zero attached hydrogens (tertiary/aromatic N) is 2. The SMILES string of the molecule is CN(O)C(=O)[C@@H]1N(S(=O)(=O)c2ccc(Oc3ccccc3)cc2)CCCSC1(C)C. The van der Waals surface area contributed by atoms with Gasteiger partial charge in [-0.15, -0.1) is 0 Å². The second kappa shape index (κ2) is 8.97. The lowest BCUT2D eigenvalue weighted by molar-refractivity contribution is -0.164. The lowest BCUT2D eigenvalue weighted by Gasteiger charge is -2.38. The van der Waals surface area contributed by atoms with Crippen LogP contribution in [0.4, 0.5) is 0 Å². The van der Waals surface area contributed by atoms with Gasteiger partial charge in [0.15, 0.2) is 0 Å². The van der Waals surface area contributed by atoms with Crippen LogP contribution < -0.4 is 4.74 Å². The number of hydrogen-bond acceptors (Lipinski definition) is 6. The molecule has 0 aliphatic carbocycles. The summed E-state index contributed by atoms with van der Waals surface area (Å²) in [5, 5.41) is 10.2. The van der Waals surface area contributed by atoms with Crippen molar-refractivity contribution in [1.29, 1.82) is 0 Å². The highest BCUT2D eigenvalue weighted by Crippen LogP contribution is 2.38. The average Bonchev–Trinajstić information content (AvgIpc) is 2.86. The van der Waals surface area contributed by atoms with E-state index in [1.165, 1.54) is 35.2 Å². The molecule has 1 fully saturated rings. The summed E-state index contributed by atoms with van der Waals surface area (Å²) in [7, 11) is -2.75. The number of carbonyl (C=O) groups excluding carboxylic acids is 1. The lowest BCUT2D eigenvalue weighted by Crippen LogP contribution is -2.57. The molecule has 0 spiro atoms. The lowest BCUT2D eigenvalue weighted by atomic mass is 10.0. The summed E-state index contributed by atoms with van der Waals surface area (Å²) in [5.74, 6) is 1.23. The number of amides is 1. The predicted molar refractivity (Wildman–Crippen MR) is 116 cm³/mol. The summed E-state index contributed by atoms with van der Waals surface area (Å²) in [6.07, 6.45) is 0.613. The third kappa shape index (κ3) is 4.80. The van der Waals surface area contributed by atoms with Crippen LogP contribution in [0, 0.1) is 0 Å². The van der Waals surface area contributed by atoms with Crippen molar-refractivity contribution in [2.45, 2.75) is 36.0 Å². The minimum atomic E-state index is -3.97. The van der Waals surface area contributed by atoms with Gasteiger partial charge in [-0.05, 0) is 62.4 Å². The summed E-state index contributed by atoms with van der Waals surface area (Å²) in [4.78, 5) is 12.8. The predicted octanol–water partition coefficient (Wildman–Crippen LogP) is 3.60. The van der Waals surface area contributed by atoms with Crippen molar-refractivity contribution < 1.29 is 23.2 Å². The van der Waals surface area contributed by atoms with Crippen molar-refractivity contribution in [2.75, 3.05) is 19.3 Å². The first kappa shape index (κ1) is 22.6. The van der Waals surface area contributed by atoms with Crippen molar-refractivity contribution in [3.63, 3.8) is 0 Å². The number of ether oxygens (including phenoxy) is 1. The zero-order chi connectivity index (χ0) is 21.9. The van der Waals surface area contributed by atoms with Crippen molar-refractivity contribution in [1.82, 2.24) is 9.37 Å². The molecular formula is C21H26N2O5S2. The summed E-state index contributed by atoms with van der Waals surface area (Å²) in [6, 6.07) is 14.3. The minimum Gasteiger partial charge on any atom is -0.457 e. The van der Waals surface area contributed by atoms with E-state index in [-0.39, 0.29) is 11.4 Å². The molecule has 1 heterocycles. The molecule has 1 aliphatic heterocycles. The smallest absolute Gasteiger partial charge is 0.265 e. The Balaban J connectivity index is 1.92. The van der Waals surface area contributed by atoms with Gasteiger partial charge < -0.3 is 4.74 Å². The van der Waals surface area contributed by atoms with Crippen LogP contribution in [0.2, 0.25) is 0 Å². The van der Waals surface area contributed by atoms with E-state index in [0.29, 0.717) is 23.0 Å². The fraction of sp³-hybridized carbons (Fsp3) is 0.381. The maximum atomic E-state index is 13.5. The third-order valence-corrected chi connectivity index (χ3v) is 8.24. The number of hydrogen-bond donors (Lipinski definition) is 1. The normalized spacial score (nSPS) is 19.7. The summed E-state index contributed by atoms with van der Waals surface area (Å²) < 4.78 is 33.2. The van der Waals surface area contributed by atoms with Crippen molar-refractivity contribution in [3.8, 4) is 11.5 Å². The zero-order valence-electron chi connectivity index (χ0n) is 17.2. The van der Waals surface area contributed by atoms with E-state index in [2.05, 4.69) is 0 Å². The van der Waals surface area contributed by atoms with Gasteiger partial charge in [-0.25, -0.2) is 13.5 Å². The number of thioether (sulfide) groups is 1. The van der Waals surface area contributed by atoms with Gasteiger partial charge in [-0.2, -0.15) is 16.1 Å². The van der Waals surface area contributed by atoms with Crippen LogP contribution in [-0.4, -0.2) is 59.0 Å². The quantitative estimate of drug-likeness (QED) is 0.553. The van der Waals surface area contributed by atoms with Gasteiger partial charge in [-0.3, -0.25) is 10.0 Å². The summed E-state index contributed by atoms with van der Waals surface area (Å²) in [6.45, 7) is 3.86. The third-order valence-electron chi connectivity index (χ3n) is 4.91. The van der Waals surface area contributed by atoms with E-state index in [1.807, 2.05) is 44.2 Å². The molecule has 1 amide bonds. The second-order valence-corrected chi connectivity index (χ2v) is 11.2. The zero-order valence-corrected chi connectivity index (χ0v) is 18.8. The van der Waals surface area contributed by atoms with Gasteiger partial charge in [0.1, 0.15) is 17.5 Å². The van der Waals surface area contributed by atoms with Gasteiger partial charge in [0.05, 0.1) is 4.90 Å². The van der Waals surface area contributed by atoms with E-state index in [0.717, 1.165) is 5.75 Å². The van der Waals surface area contributed by atoms with Gasteiger partial charge in [-0.1, -0.05) is 18.2 Å². The Morgan fingerprint density at radius 3 is 2.33 bits per heavy atom. The van der Waals surface area contributed by atoms with Gasteiger partial charge >= 0.3 is 0 Å². The number of rotatable bonds is 5. The van der Waals surface area contributed by atoms with Gasteiger partial charge in [0, 0.05) is 18.3 Å². The van der Waals surface area contributed by atoms with Gasteiger partial charge in [0.25, 0.3) is 5.91 Å². The highest BCUT2D eigenvalue weighted by Gasteiger charge is 2.47. The van der Waals surface area contributed by atoms with Crippen molar-refractivity contribution in [3.05, 3.63) is 54.6 Å². The Kier molecular flexibility index (Phi) is 6.76. The molecule has 9 heteroatoms. The second-order valence-electron chi connectivity index (χ2n) is 7.57. The van der Waals surface area contributed by atoms with Crippen LogP contribution in [0.1, 0.15) is 20.3 Å². The summed E-state index contributed by atoms with van der Waals surface area (Å²) in [5.41, 5.74) is 0. The monoisotopic (exact) mass is 450 g/mol. The van der Waals surface area contributed by atoms with Crippen LogP contribution in [0.15, 0.2) is 59.5 Å². The molecule has 1 saturated heterocycles. The fourth-order valence-corrected chi connectivity index (χ4v) is 6.41. The standard InChI is InChI=1S/C21H26N2O5S2/c1-21(2)19(20(24)22(3)25)23(14-7-15-29-21)30(26,27)18-12-10-17(11-13-18)28-16-8-5-4-6-9-16/h4-6,8-13,19,25H,7,14-15H2,1-3H3/t19-/m0/s1. The first-order valence-electron chi connectivity index (χ1n) is 9.58. The molecule has 30 heavy (non-hydrogen) atoms. The van der Waals surface area contributed by atoms with E-state index in [9.17, 15) is 18.4 Å². The molecule has 162 valence electrons. The highest BCUT2D eigenvalue weighted by atomic mass is 32.2. The van der Waals surface area contributed by atoms with Crippen LogP contribution in [0.25, 0.3) is 0 Å². The minimum absolute atomic E-state index is 0.0732. The summed E-state index contributed by atoms with van der Waals surface area (Å²) >= 11 is 1.53. The molecule has 1 N–H and O–H groups in total. The number of para-hydroxylation sites is 1. The Morgan fingerprint density at radius 1 is 1.13 bits per heavy atom. The molecule has 0 saturated carbocycles. The van der Waals surface area contributed by atoms with E-state index in [4.69, 9.17) is 4.74 Å². The molecule has 7 nitrogen and oxygen atoms in total. The van der Waals surface area contributed by atoms with Crippen LogP contribution >= 0.6 is 11.8 Å². The Hall–Kier alpha value is -2.07. The van der Waals surface area contributed by atoms with E-state index >= 15 is 0 Å².